The van der Waals surface area contributed by atoms with E-state index in [4.69, 9.17) is 32.9 Å². The maximum Gasteiger partial charge on any atom is 0.253 e. The number of carbonyl (C=O) groups excluding carboxylic acids is 1. The van der Waals surface area contributed by atoms with Crippen LogP contribution in [-0.4, -0.2) is 72.4 Å². The van der Waals surface area contributed by atoms with Crippen LogP contribution in [0.25, 0.3) is 22.2 Å². The van der Waals surface area contributed by atoms with Crippen LogP contribution in [0.5, 0.6) is 0 Å². The number of rotatable bonds is 8. The van der Waals surface area contributed by atoms with Crippen molar-refractivity contribution in [2.75, 3.05) is 45.6 Å². The SMILES string of the molecule is CSc1ccc2nc(-c3ccc(Cl)c(Cl)c3)c(CN3CCC(N4CCOCC4)CC3)c(C(=O)NC3(c4ccccc4)CC3)c2c1. The summed E-state index contributed by atoms with van der Waals surface area (Å²) in [6, 6.07) is 22.8. The number of thioether (sulfide) groups is 1. The normalized spacial score (nSPS) is 19.1. The first kappa shape index (κ1) is 31.0. The van der Waals surface area contributed by atoms with Crippen molar-refractivity contribution >= 4 is 51.8 Å². The Balaban J connectivity index is 1.31. The minimum absolute atomic E-state index is 0.0541. The molecule has 3 heterocycles. The van der Waals surface area contributed by atoms with Gasteiger partial charge in [0.05, 0.1) is 45.6 Å². The van der Waals surface area contributed by atoms with Crippen LogP contribution in [0.4, 0.5) is 0 Å². The molecule has 0 spiro atoms. The number of hydrogen-bond acceptors (Lipinski definition) is 6. The van der Waals surface area contributed by atoms with Crippen molar-refractivity contribution in [2.24, 2.45) is 0 Å². The highest BCUT2D eigenvalue weighted by Gasteiger charge is 2.46. The van der Waals surface area contributed by atoms with Gasteiger partial charge in [0, 0.05) is 47.1 Å². The van der Waals surface area contributed by atoms with Gasteiger partial charge in [-0.05, 0) is 80.9 Å². The zero-order chi connectivity index (χ0) is 31.0. The second-order valence-corrected chi connectivity index (χ2v) is 14.1. The van der Waals surface area contributed by atoms with Crippen molar-refractivity contribution in [3.8, 4) is 11.3 Å². The van der Waals surface area contributed by atoms with Crippen molar-refractivity contribution in [3.63, 3.8) is 0 Å². The molecule has 9 heteroatoms. The molecule has 1 aliphatic carbocycles. The molecule has 7 rings (SSSR count). The molecule has 0 radical (unpaired) electrons. The van der Waals surface area contributed by atoms with E-state index in [0.717, 1.165) is 103 Å². The van der Waals surface area contributed by atoms with Crippen LogP contribution in [0.1, 0.15) is 47.2 Å². The van der Waals surface area contributed by atoms with Gasteiger partial charge in [-0.3, -0.25) is 14.6 Å². The van der Waals surface area contributed by atoms with Crippen LogP contribution in [0.2, 0.25) is 10.0 Å². The molecule has 3 fully saturated rings. The Kier molecular flexibility index (Phi) is 9.10. The summed E-state index contributed by atoms with van der Waals surface area (Å²) < 4.78 is 5.60. The molecule has 1 N–H and O–H groups in total. The highest BCUT2D eigenvalue weighted by molar-refractivity contribution is 7.98. The lowest BCUT2D eigenvalue weighted by atomic mass is 9.93. The zero-order valence-electron chi connectivity index (χ0n) is 25.5. The summed E-state index contributed by atoms with van der Waals surface area (Å²) in [5.41, 5.74) is 4.87. The number of amides is 1. The lowest BCUT2D eigenvalue weighted by molar-refractivity contribution is 0.000225. The average molecular weight is 662 g/mol. The molecule has 2 aliphatic heterocycles. The van der Waals surface area contributed by atoms with E-state index >= 15 is 0 Å². The Bertz CT molecular complexity index is 1700. The Morgan fingerprint density at radius 2 is 1.73 bits per heavy atom. The first-order valence-corrected chi connectivity index (χ1v) is 17.8. The molecule has 1 aromatic heterocycles. The van der Waals surface area contributed by atoms with Crippen molar-refractivity contribution in [1.82, 2.24) is 20.1 Å². The maximum atomic E-state index is 14.7. The number of aromatic nitrogens is 1. The van der Waals surface area contributed by atoms with Gasteiger partial charge in [0.2, 0.25) is 0 Å². The number of pyridine rings is 1. The van der Waals surface area contributed by atoms with Gasteiger partial charge in [0.15, 0.2) is 0 Å². The fourth-order valence-electron chi connectivity index (χ4n) is 6.96. The zero-order valence-corrected chi connectivity index (χ0v) is 27.9. The van der Waals surface area contributed by atoms with Gasteiger partial charge < -0.3 is 10.1 Å². The monoisotopic (exact) mass is 660 g/mol. The van der Waals surface area contributed by atoms with Gasteiger partial charge in [0.25, 0.3) is 5.91 Å². The van der Waals surface area contributed by atoms with E-state index in [1.807, 2.05) is 42.5 Å². The topological polar surface area (TPSA) is 57.7 Å². The number of nitrogens with one attached hydrogen (secondary N) is 1. The molecule has 1 amide bonds. The minimum Gasteiger partial charge on any atom is -0.379 e. The van der Waals surface area contributed by atoms with Crippen molar-refractivity contribution in [3.05, 3.63) is 93.5 Å². The Morgan fingerprint density at radius 1 is 0.978 bits per heavy atom. The molecule has 234 valence electrons. The summed E-state index contributed by atoms with van der Waals surface area (Å²) in [5, 5.41) is 5.34. The van der Waals surface area contributed by atoms with Crippen molar-refractivity contribution < 1.29 is 9.53 Å². The molecular weight excluding hydrogens is 623 g/mol. The number of ether oxygens (including phenoxy) is 1. The van der Waals surface area contributed by atoms with Gasteiger partial charge >= 0.3 is 0 Å². The Labute approximate surface area is 279 Å². The van der Waals surface area contributed by atoms with Gasteiger partial charge in [-0.25, -0.2) is 4.98 Å². The molecule has 1 saturated carbocycles. The van der Waals surface area contributed by atoms with Gasteiger partial charge in [-0.2, -0.15) is 0 Å². The van der Waals surface area contributed by atoms with Crippen molar-refractivity contribution in [1.29, 1.82) is 0 Å². The summed E-state index contributed by atoms with van der Waals surface area (Å²) >= 11 is 14.6. The first-order valence-electron chi connectivity index (χ1n) is 15.8. The van der Waals surface area contributed by atoms with Crippen LogP contribution in [0, 0.1) is 0 Å². The van der Waals surface area contributed by atoms with Crippen LogP contribution in [0.3, 0.4) is 0 Å². The van der Waals surface area contributed by atoms with Gasteiger partial charge in [-0.1, -0.05) is 59.6 Å². The van der Waals surface area contributed by atoms with E-state index < -0.39 is 0 Å². The largest absolute Gasteiger partial charge is 0.379 e. The molecule has 0 atom stereocenters. The Hall–Kier alpha value is -2.65. The van der Waals surface area contributed by atoms with Crippen molar-refractivity contribution in [2.45, 2.75) is 48.7 Å². The van der Waals surface area contributed by atoms with E-state index in [1.165, 1.54) is 0 Å². The molecule has 6 nitrogen and oxygen atoms in total. The summed E-state index contributed by atoms with van der Waals surface area (Å²) in [5.74, 6) is -0.0541. The number of morpholine rings is 1. The maximum absolute atomic E-state index is 14.7. The molecule has 3 aliphatic rings. The number of nitrogens with zero attached hydrogens (tertiary/aromatic N) is 3. The number of halogens is 2. The fraction of sp³-hybridized carbons (Fsp3) is 0.389. The van der Waals surface area contributed by atoms with Gasteiger partial charge in [0.1, 0.15) is 0 Å². The summed E-state index contributed by atoms with van der Waals surface area (Å²) in [4.78, 5) is 26.1. The Morgan fingerprint density at radius 3 is 2.42 bits per heavy atom. The summed E-state index contributed by atoms with van der Waals surface area (Å²) in [6.07, 6.45) is 6.10. The molecule has 4 aromatic rings. The summed E-state index contributed by atoms with van der Waals surface area (Å²) in [6.45, 7) is 6.19. The second kappa shape index (κ2) is 13.2. The predicted molar refractivity (Wildman–Crippen MR) is 184 cm³/mol. The third kappa shape index (κ3) is 6.49. The summed E-state index contributed by atoms with van der Waals surface area (Å²) in [7, 11) is 0. The number of fused-ring (bicyclic) bond motifs is 1. The number of carbonyl (C=O) groups is 1. The molecule has 2 saturated heterocycles. The van der Waals surface area contributed by atoms with E-state index in [1.54, 1.807) is 11.8 Å². The first-order chi connectivity index (χ1) is 21.9. The smallest absolute Gasteiger partial charge is 0.253 e. The van der Waals surface area contributed by atoms with E-state index in [0.29, 0.717) is 28.2 Å². The highest BCUT2D eigenvalue weighted by atomic mass is 35.5. The third-order valence-corrected chi connectivity index (χ3v) is 11.1. The van der Waals surface area contributed by atoms with E-state index in [2.05, 4.69) is 45.6 Å². The molecule has 0 bridgehead atoms. The van der Waals surface area contributed by atoms with Gasteiger partial charge in [-0.15, -0.1) is 11.8 Å². The number of benzene rings is 3. The second-order valence-electron chi connectivity index (χ2n) is 12.4. The number of hydrogen-bond donors (Lipinski definition) is 1. The average Bonchev–Trinajstić information content (AvgIpc) is 3.87. The lowest BCUT2D eigenvalue weighted by Crippen LogP contribution is -2.48. The molecular formula is C36H38Cl2N4O2S. The molecule has 0 unspecified atom stereocenters. The van der Waals surface area contributed by atoms with Crippen LogP contribution < -0.4 is 5.32 Å². The fourth-order valence-corrected chi connectivity index (χ4v) is 7.70. The van der Waals surface area contributed by atoms with Crippen LogP contribution in [0.15, 0.2) is 71.6 Å². The van der Waals surface area contributed by atoms with E-state index in [9.17, 15) is 4.79 Å². The molecule has 3 aromatic carbocycles. The highest BCUT2D eigenvalue weighted by Crippen LogP contribution is 2.46. The van der Waals surface area contributed by atoms with E-state index in [-0.39, 0.29) is 11.4 Å². The third-order valence-electron chi connectivity index (χ3n) is 9.64. The minimum atomic E-state index is -0.345. The quantitative estimate of drug-likeness (QED) is 0.196. The van der Waals surface area contributed by atoms with Crippen LogP contribution >= 0.6 is 35.0 Å². The van der Waals surface area contributed by atoms with Crippen LogP contribution in [-0.2, 0) is 16.8 Å². The predicted octanol–water partition coefficient (Wildman–Crippen LogP) is 7.65. The number of piperidine rings is 1. The molecule has 45 heavy (non-hydrogen) atoms. The lowest BCUT2D eigenvalue weighted by Gasteiger charge is -2.40. The number of likely N-dealkylation sites (tertiary alicyclic amines) is 1. The standard InChI is InChI=1S/C36H38Cl2N4O2S/c1-45-27-8-10-32-28(22-27)33(35(43)40-36(13-14-36)25-5-3-2-4-6-25)29(34(39-32)24-7-9-30(37)31(38)21-24)23-41-15-11-26(12-16-41)42-17-19-44-20-18-42/h2-10,21-22,26H,11-20,23H2,1H3,(H,40,43).